The van der Waals surface area contributed by atoms with Crippen LogP contribution in [0.4, 0.5) is 5.69 Å². The van der Waals surface area contributed by atoms with E-state index in [1.165, 1.54) is 4.31 Å². The molecular formula is C21H18N2O3S. The van der Waals surface area contributed by atoms with Crippen molar-refractivity contribution in [2.45, 2.75) is 23.3 Å². The number of sulfonamides is 1. The second-order valence-electron chi connectivity index (χ2n) is 7.28. The summed E-state index contributed by atoms with van der Waals surface area (Å²) in [7, 11) is -3.65. The highest BCUT2D eigenvalue weighted by atomic mass is 32.2. The second-order valence-corrected chi connectivity index (χ2v) is 9.14. The zero-order valence-corrected chi connectivity index (χ0v) is 15.4. The molecule has 27 heavy (non-hydrogen) atoms. The van der Waals surface area contributed by atoms with Gasteiger partial charge in [0.25, 0.3) is 10.0 Å². The smallest absolute Gasteiger partial charge is 0.264 e. The molecule has 0 bridgehead atoms. The van der Waals surface area contributed by atoms with Gasteiger partial charge in [-0.2, -0.15) is 0 Å². The van der Waals surface area contributed by atoms with Gasteiger partial charge in [-0.3, -0.25) is 9.10 Å². The lowest BCUT2D eigenvalue weighted by molar-refractivity contribution is 0.449. The largest absolute Gasteiger partial charge is 0.350 e. The number of para-hydroxylation sites is 1. The van der Waals surface area contributed by atoms with Gasteiger partial charge in [0.05, 0.1) is 10.6 Å². The third-order valence-electron chi connectivity index (χ3n) is 5.61. The normalized spacial score (nSPS) is 20.7. The molecular weight excluding hydrogens is 360 g/mol. The highest BCUT2D eigenvalue weighted by molar-refractivity contribution is 7.92. The van der Waals surface area contributed by atoms with Crippen molar-refractivity contribution < 1.29 is 8.42 Å². The van der Waals surface area contributed by atoms with Crippen LogP contribution in [0.5, 0.6) is 0 Å². The molecule has 0 aliphatic carbocycles. The van der Waals surface area contributed by atoms with E-state index in [4.69, 9.17) is 0 Å². The second kappa shape index (κ2) is 5.57. The summed E-state index contributed by atoms with van der Waals surface area (Å²) in [6.45, 7) is 1.04. The van der Waals surface area contributed by atoms with E-state index in [0.717, 1.165) is 16.9 Å². The van der Waals surface area contributed by atoms with E-state index in [-0.39, 0.29) is 10.8 Å². The van der Waals surface area contributed by atoms with Crippen LogP contribution in [0.2, 0.25) is 0 Å². The molecule has 1 atom stereocenters. The molecule has 6 heteroatoms. The summed E-state index contributed by atoms with van der Waals surface area (Å²) in [5, 5.41) is 0. The molecule has 0 saturated carbocycles. The van der Waals surface area contributed by atoms with Gasteiger partial charge in [-0.15, -0.1) is 0 Å². The van der Waals surface area contributed by atoms with Gasteiger partial charge in [0.1, 0.15) is 0 Å². The highest BCUT2D eigenvalue weighted by Crippen LogP contribution is 2.48. The lowest BCUT2D eigenvalue weighted by Crippen LogP contribution is -2.38. The van der Waals surface area contributed by atoms with Crippen LogP contribution in [-0.4, -0.2) is 19.5 Å². The van der Waals surface area contributed by atoms with Crippen LogP contribution in [-0.2, 0) is 28.4 Å². The monoisotopic (exact) mass is 378 g/mol. The lowest BCUT2D eigenvalue weighted by Gasteiger charge is -2.25. The first-order chi connectivity index (χ1) is 13.0. The standard InChI is InChI=1S/C21H18N2O3S/c24-17-10-11-22-14-21(13-16(22)12-17)15-23(20-9-5-4-8-19(20)21)27(25,26)18-6-2-1-3-7-18/h1-12H,13-15H2. The Balaban J connectivity index is 1.64. The summed E-state index contributed by atoms with van der Waals surface area (Å²) in [6.07, 6.45) is 2.46. The van der Waals surface area contributed by atoms with Gasteiger partial charge in [-0.25, -0.2) is 8.42 Å². The van der Waals surface area contributed by atoms with Crippen LogP contribution in [0.25, 0.3) is 0 Å². The summed E-state index contributed by atoms with van der Waals surface area (Å²) in [4.78, 5) is 12.1. The SMILES string of the molecule is O=c1ccn2c(c1)CC1(CN(S(=O)(=O)c3ccccc3)c3ccccc31)C2. The number of hydrogen-bond acceptors (Lipinski definition) is 3. The molecule has 2 aliphatic rings. The molecule has 0 N–H and O–H groups in total. The molecule has 2 aliphatic heterocycles. The van der Waals surface area contributed by atoms with Gasteiger partial charge in [0.2, 0.25) is 0 Å². The number of nitrogens with zero attached hydrogens (tertiary/aromatic N) is 2. The van der Waals surface area contributed by atoms with Gasteiger partial charge >= 0.3 is 0 Å². The minimum absolute atomic E-state index is 0.0154. The van der Waals surface area contributed by atoms with Crippen molar-refractivity contribution in [1.29, 1.82) is 0 Å². The van der Waals surface area contributed by atoms with Gasteiger partial charge in [-0.05, 0) is 23.8 Å². The third kappa shape index (κ3) is 2.36. The first-order valence-electron chi connectivity index (χ1n) is 8.86. The van der Waals surface area contributed by atoms with Crippen molar-refractivity contribution in [2.24, 2.45) is 0 Å². The summed E-state index contributed by atoms with van der Waals surface area (Å²) < 4.78 is 30.3. The number of benzene rings is 2. The van der Waals surface area contributed by atoms with Crippen molar-refractivity contribution in [3.05, 3.63) is 94.4 Å². The Labute approximate surface area is 157 Å². The van der Waals surface area contributed by atoms with Crippen molar-refractivity contribution in [2.75, 3.05) is 10.8 Å². The topological polar surface area (TPSA) is 59.4 Å². The summed E-state index contributed by atoms with van der Waals surface area (Å²) in [5.74, 6) is 0. The van der Waals surface area contributed by atoms with Crippen LogP contribution < -0.4 is 9.73 Å². The lowest BCUT2D eigenvalue weighted by atomic mass is 9.80. The van der Waals surface area contributed by atoms with Crippen molar-refractivity contribution in [1.82, 2.24) is 4.57 Å². The van der Waals surface area contributed by atoms with Gasteiger partial charge in [-0.1, -0.05) is 36.4 Å². The van der Waals surface area contributed by atoms with Crippen LogP contribution >= 0.6 is 0 Å². The number of fused-ring (bicyclic) bond motifs is 3. The zero-order chi connectivity index (χ0) is 18.6. The third-order valence-corrected chi connectivity index (χ3v) is 7.38. The first kappa shape index (κ1) is 16.3. The molecule has 1 spiro atoms. The van der Waals surface area contributed by atoms with E-state index in [2.05, 4.69) is 4.57 Å². The van der Waals surface area contributed by atoms with Crippen molar-refractivity contribution >= 4 is 15.7 Å². The molecule has 5 nitrogen and oxygen atoms in total. The molecule has 1 aromatic heterocycles. The van der Waals surface area contributed by atoms with Gasteiger partial charge in [0, 0.05) is 48.9 Å². The van der Waals surface area contributed by atoms with Crippen molar-refractivity contribution in [3.8, 4) is 0 Å². The van der Waals surface area contributed by atoms with Crippen LogP contribution in [0.1, 0.15) is 11.3 Å². The van der Waals surface area contributed by atoms with Gasteiger partial charge in [0.15, 0.2) is 5.43 Å². The van der Waals surface area contributed by atoms with Crippen molar-refractivity contribution in [3.63, 3.8) is 0 Å². The Hall–Kier alpha value is -2.86. The number of pyridine rings is 1. The Morgan fingerprint density at radius 2 is 1.63 bits per heavy atom. The number of hydrogen-bond donors (Lipinski definition) is 0. The molecule has 2 aromatic carbocycles. The Bertz CT molecular complexity index is 1200. The van der Waals surface area contributed by atoms with E-state index in [9.17, 15) is 13.2 Å². The first-order valence-corrected chi connectivity index (χ1v) is 10.3. The fourth-order valence-electron chi connectivity index (χ4n) is 4.40. The molecule has 0 radical (unpaired) electrons. The Morgan fingerprint density at radius 1 is 0.889 bits per heavy atom. The molecule has 3 heterocycles. The van der Waals surface area contributed by atoms with Gasteiger partial charge < -0.3 is 4.57 Å². The Morgan fingerprint density at radius 3 is 2.44 bits per heavy atom. The zero-order valence-electron chi connectivity index (χ0n) is 14.6. The number of anilines is 1. The van der Waals surface area contributed by atoms with E-state index >= 15 is 0 Å². The maximum Gasteiger partial charge on any atom is 0.264 e. The molecule has 0 fully saturated rings. The fourth-order valence-corrected chi connectivity index (χ4v) is 5.99. The van der Waals surface area contributed by atoms with E-state index in [1.54, 1.807) is 36.4 Å². The fraction of sp³-hybridized carbons (Fsp3) is 0.190. The predicted molar refractivity (Wildman–Crippen MR) is 103 cm³/mol. The maximum atomic E-state index is 13.3. The van der Waals surface area contributed by atoms with Crippen LogP contribution in [0.15, 0.2) is 82.6 Å². The number of rotatable bonds is 2. The number of aromatic nitrogens is 1. The molecule has 0 saturated heterocycles. The highest BCUT2D eigenvalue weighted by Gasteiger charge is 2.49. The summed E-state index contributed by atoms with van der Waals surface area (Å²) in [5.41, 5.74) is 2.35. The average molecular weight is 378 g/mol. The molecule has 136 valence electrons. The van der Waals surface area contributed by atoms with Crippen LogP contribution in [0.3, 0.4) is 0 Å². The quantitative estimate of drug-likeness (QED) is 0.689. The maximum absolute atomic E-state index is 13.3. The molecule has 0 amide bonds. The average Bonchev–Trinajstić information content (AvgIpc) is 3.21. The minimum atomic E-state index is -3.65. The predicted octanol–water partition coefficient (Wildman–Crippen LogP) is 2.55. The minimum Gasteiger partial charge on any atom is -0.350 e. The molecule has 3 aromatic rings. The van der Waals surface area contributed by atoms with E-state index in [1.807, 2.05) is 36.5 Å². The van der Waals surface area contributed by atoms with Crippen LogP contribution in [0, 0.1) is 0 Å². The molecule has 5 rings (SSSR count). The summed E-state index contributed by atoms with van der Waals surface area (Å²) >= 11 is 0. The van der Waals surface area contributed by atoms with E-state index < -0.39 is 10.0 Å². The van der Waals surface area contributed by atoms with E-state index in [0.29, 0.717) is 24.4 Å². The Kier molecular flexibility index (Phi) is 3.37. The summed E-state index contributed by atoms with van der Waals surface area (Å²) in [6, 6.07) is 19.5. The molecule has 1 unspecified atom stereocenters.